The monoisotopic (exact) mass is 248 g/mol. The Hall–Kier alpha value is -0.840. The quantitative estimate of drug-likeness (QED) is 0.802. The molecule has 3 N–H and O–H groups in total. The van der Waals surface area contributed by atoms with Gasteiger partial charge in [-0.25, -0.2) is 4.98 Å². The average molecular weight is 249 g/mol. The molecule has 0 aliphatic rings. The highest BCUT2D eigenvalue weighted by molar-refractivity contribution is 6.41. The van der Waals surface area contributed by atoms with Crippen LogP contribution in [0.1, 0.15) is 24.4 Å². The number of aliphatic carboxylic acids is 1. The fourth-order valence-corrected chi connectivity index (χ4v) is 1.36. The second kappa shape index (κ2) is 5.30. The molecule has 1 aromatic heterocycles. The van der Waals surface area contributed by atoms with Gasteiger partial charge in [-0.1, -0.05) is 23.2 Å². The van der Waals surface area contributed by atoms with Crippen molar-refractivity contribution < 1.29 is 9.90 Å². The number of carboxylic acids is 1. The van der Waals surface area contributed by atoms with Crippen molar-refractivity contribution in [3.05, 3.63) is 28.0 Å². The maximum atomic E-state index is 10.3. The van der Waals surface area contributed by atoms with Gasteiger partial charge in [0.2, 0.25) is 0 Å². The Morgan fingerprint density at radius 3 is 2.80 bits per heavy atom. The number of aromatic nitrogens is 1. The van der Waals surface area contributed by atoms with E-state index in [-0.39, 0.29) is 17.6 Å². The third-order valence-corrected chi connectivity index (χ3v) is 2.60. The number of hydrogen-bond acceptors (Lipinski definition) is 3. The number of hydrogen-bond donors (Lipinski definition) is 2. The van der Waals surface area contributed by atoms with Crippen LogP contribution < -0.4 is 5.73 Å². The summed E-state index contributed by atoms with van der Waals surface area (Å²) in [6.07, 6.45) is 1.86. The van der Waals surface area contributed by atoms with Crippen molar-refractivity contribution in [2.75, 3.05) is 0 Å². The summed E-state index contributed by atoms with van der Waals surface area (Å²) in [5.41, 5.74) is 6.44. The summed E-state index contributed by atoms with van der Waals surface area (Å²) in [5, 5.41) is 9.02. The molecule has 0 saturated carbocycles. The van der Waals surface area contributed by atoms with E-state index in [1.165, 1.54) is 6.20 Å². The Bertz CT molecular complexity index is 371. The van der Waals surface area contributed by atoms with E-state index in [0.717, 1.165) is 0 Å². The van der Waals surface area contributed by atoms with Crippen molar-refractivity contribution in [2.24, 2.45) is 5.73 Å². The van der Waals surface area contributed by atoms with Gasteiger partial charge in [0.05, 0.1) is 5.02 Å². The molecule has 1 unspecified atom stereocenters. The SMILES string of the molecule is NC(CCC(=O)O)c1cnc(Cl)c(Cl)c1. The van der Waals surface area contributed by atoms with Crippen molar-refractivity contribution in [2.45, 2.75) is 18.9 Å². The molecule has 1 aromatic rings. The molecule has 1 heterocycles. The van der Waals surface area contributed by atoms with E-state index in [0.29, 0.717) is 17.0 Å². The van der Waals surface area contributed by atoms with Crippen LogP contribution in [0.4, 0.5) is 0 Å². The molecule has 1 rings (SSSR count). The van der Waals surface area contributed by atoms with E-state index in [1.807, 2.05) is 0 Å². The van der Waals surface area contributed by atoms with Crippen molar-refractivity contribution >= 4 is 29.2 Å². The molecule has 0 spiro atoms. The maximum absolute atomic E-state index is 10.3. The van der Waals surface area contributed by atoms with Gasteiger partial charge in [0.15, 0.2) is 0 Å². The molecule has 0 aliphatic carbocycles. The number of rotatable bonds is 4. The predicted molar refractivity (Wildman–Crippen MR) is 58.1 cm³/mol. The fourth-order valence-electron chi connectivity index (χ4n) is 1.08. The van der Waals surface area contributed by atoms with Gasteiger partial charge in [-0.15, -0.1) is 0 Å². The first-order chi connectivity index (χ1) is 7.00. The second-order valence-electron chi connectivity index (χ2n) is 3.08. The highest BCUT2D eigenvalue weighted by Gasteiger charge is 2.10. The summed E-state index contributed by atoms with van der Waals surface area (Å²) in [6, 6.07) is 1.21. The molecule has 15 heavy (non-hydrogen) atoms. The highest BCUT2D eigenvalue weighted by Crippen LogP contribution is 2.23. The average Bonchev–Trinajstić information content (AvgIpc) is 2.18. The lowest BCUT2D eigenvalue weighted by molar-refractivity contribution is -0.137. The molecule has 6 heteroatoms. The van der Waals surface area contributed by atoms with Gasteiger partial charge in [-0.3, -0.25) is 4.79 Å². The van der Waals surface area contributed by atoms with Crippen LogP contribution >= 0.6 is 23.2 Å². The summed E-state index contributed by atoms with van der Waals surface area (Å²) in [4.78, 5) is 14.2. The maximum Gasteiger partial charge on any atom is 0.303 e. The van der Waals surface area contributed by atoms with E-state index in [2.05, 4.69) is 4.98 Å². The lowest BCUT2D eigenvalue weighted by Gasteiger charge is -2.10. The highest BCUT2D eigenvalue weighted by atomic mass is 35.5. The Morgan fingerprint density at radius 1 is 1.60 bits per heavy atom. The molecule has 0 radical (unpaired) electrons. The summed E-state index contributed by atoms with van der Waals surface area (Å²) >= 11 is 11.4. The minimum Gasteiger partial charge on any atom is -0.481 e. The minimum atomic E-state index is -0.876. The Labute approximate surface area is 97.0 Å². The Kier molecular flexibility index (Phi) is 4.32. The number of nitrogens with two attached hydrogens (primary N) is 1. The molecular weight excluding hydrogens is 239 g/mol. The van der Waals surface area contributed by atoms with Gasteiger partial charge in [0, 0.05) is 18.7 Å². The van der Waals surface area contributed by atoms with Gasteiger partial charge in [0.25, 0.3) is 0 Å². The van der Waals surface area contributed by atoms with E-state index in [9.17, 15) is 4.79 Å². The Morgan fingerprint density at radius 2 is 2.27 bits per heavy atom. The molecule has 0 aliphatic heterocycles. The second-order valence-corrected chi connectivity index (χ2v) is 3.85. The molecule has 0 saturated heterocycles. The molecule has 0 aromatic carbocycles. The number of carbonyl (C=O) groups is 1. The first-order valence-electron chi connectivity index (χ1n) is 4.29. The smallest absolute Gasteiger partial charge is 0.303 e. The Balaban J connectivity index is 2.69. The molecular formula is C9H10Cl2N2O2. The predicted octanol–water partition coefficient (Wildman–Crippen LogP) is 2.25. The first kappa shape index (κ1) is 12.2. The molecule has 0 fully saturated rings. The molecule has 0 amide bonds. The zero-order valence-corrected chi connectivity index (χ0v) is 9.29. The zero-order chi connectivity index (χ0) is 11.4. The normalized spacial score (nSPS) is 12.5. The van der Waals surface area contributed by atoms with E-state index in [4.69, 9.17) is 34.0 Å². The lowest BCUT2D eigenvalue weighted by Crippen LogP contribution is -2.12. The van der Waals surface area contributed by atoms with Crippen molar-refractivity contribution in [3.8, 4) is 0 Å². The standard InChI is InChI=1S/C9H10Cl2N2O2/c10-6-3-5(4-13-9(6)11)7(12)1-2-8(14)15/h3-4,7H,1-2,12H2,(H,14,15). The third-order valence-electron chi connectivity index (χ3n) is 1.91. The van der Waals surface area contributed by atoms with Crippen LogP contribution in [0.15, 0.2) is 12.3 Å². The van der Waals surface area contributed by atoms with Crippen LogP contribution in [0.3, 0.4) is 0 Å². The summed E-state index contributed by atoms with van der Waals surface area (Å²) < 4.78 is 0. The molecule has 0 bridgehead atoms. The number of pyridine rings is 1. The van der Waals surface area contributed by atoms with Gasteiger partial charge < -0.3 is 10.8 Å². The summed E-state index contributed by atoms with van der Waals surface area (Å²) in [5.74, 6) is -0.876. The zero-order valence-electron chi connectivity index (χ0n) is 7.78. The van der Waals surface area contributed by atoms with E-state index < -0.39 is 5.97 Å². The lowest BCUT2D eigenvalue weighted by atomic mass is 10.1. The van der Waals surface area contributed by atoms with Crippen molar-refractivity contribution in [1.82, 2.24) is 4.98 Å². The number of halogens is 2. The number of carboxylic acid groups (broad SMARTS) is 1. The third kappa shape index (κ3) is 3.66. The first-order valence-corrected chi connectivity index (χ1v) is 5.04. The largest absolute Gasteiger partial charge is 0.481 e. The van der Waals surface area contributed by atoms with Crippen LogP contribution in [-0.4, -0.2) is 16.1 Å². The molecule has 1 atom stereocenters. The summed E-state index contributed by atoms with van der Waals surface area (Å²) in [7, 11) is 0. The summed E-state index contributed by atoms with van der Waals surface area (Å²) in [6.45, 7) is 0. The molecule has 4 nitrogen and oxygen atoms in total. The van der Waals surface area contributed by atoms with Crippen LogP contribution in [0.25, 0.3) is 0 Å². The van der Waals surface area contributed by atoms with Crippen LogP contribution in [0.2, 0.25) is 10.2 Å². The van der Waals surface area contributed by atoms with Crippen molar-refractivity contribution in [3.63, 3.8) is 0 Å². The van der Waals surface area contributed by atoms with Gasteiger partial charge >= 0.3 is 5.97 Å². The molecule has 82 valence electrons. The number of nitrogens with zero attached hydrogens (tertiary/aromatic N) is 1. The van der Waals surface area contributed by atoms with Gasteiger partial charge in [-0.2, -0.15) is 0 Å². The van der Waals surface area contributed by atoms with Crippen molar-refractivity contribution in [1.29, 1.82) is 0 Å². The van der Waals surface area contributed by atoms with Crippen LogP contribution in [-0.2, 0) is 4.79 Å². The van der Waals surface area contributed by atoms with Crippen LogP contribution in [0.5, 0.6) is 0 Å². The fraction of sp³-hybridized carbons (Fsp3) is 0.333. The van der Waals surface area contributed by atoms with Gasteiger partial charge in [0.1, 0.15) is 5.15 Å². The van der Waals surface area contributed by atoms with E-state index in [1.54, 1.807) is 6.07 Å². The topological polar surface area (TPSA) is 76.2 Å². The van der Waals surface area contributed by atoms with Gasteiger partial charge in [-0.05, 0) is 18.1 Å². The van der Waals surface area contributed by atoms with E-state index >= 15 is 0 Å². The minimum absolute atomic E-state index is 0.0153. The van der Waals surface area contributed by atoms with Crippen LogP contribution in [0, 0.1) is 0 Å².